The van der Waals surface area contributed by atoms with Gasteiger partial charge in [-0.25, -0.2) is 0 Å². The predicted molar refractivity (Wildman–Crippen MR) is 43.5 cm³/mol. The van der Waals surface area contributed by atoms with Gasteiger partial charge in [0.05, 0.1) is 7.11 Å². The van der Waals surface area contributed by atoms with Gasteiger partial charge in [0.1, 0.15) is 11.3 Å². The SMILES string of the molecule is CO/C(C)=C1/C(=O)C=C(C)C1=O. The van der Waals surface area contributed by atoms with Crippen molar-refractivity contribution in [2.45, 2.75) is 13.8 Å². The molecule has 0 radical (unpaired) electrons. The first kappa shape index (κ1) is 8.71. The first-order valence-corrected chi connectivity index (χ1v) is 3.60. The van der Waals surface area contributed by atoms with Crippen LogP contribution in [0.1, 0.15) is 13.8 Å². The summed E-state index contributed by atoms with van der Waals surface area (Å²) in [6.07, 6.45) is 1.33. The van der Waals surface area contributed by atoms with Crippen molar-refractivity contribution < 1.29 is 14.3 Å². The van der Waals surface area contributed by atoms with Crippen LogP contribution in [-0.4, -0.2) is 18.7 Å². The smallest absolute Gasteiger partial charge is 0.196 e. The number of Topliss-reactive ketones (excluding diaryl/α,β-unsaturated/α-hetero) is 1. The lowest BCUT2D eigenvalue weighted by Crippen LogP contribution is -2.06. The van der Waals surface area contributed by atoms with E-state index in [1.54, 1.807) is 13.8 Å². The van der Waals surface area contributed by atoms with Crippen LogP contribution in [0.15, 0.2) is 23.0 Å². The summed E-state index contributed by atoms with van der Waals surface area (Å²) >= 11 is 0. The molecule has 1 aliphatic carbocycles. The summed E-state index contributed by atoms with van der Waals surface area (Å²) in [7, 11) is 1.44. The number of carbonyl (C=O) groups excluding carboxylic acids is 2. The lowest BCUT2D eigenvalue weighted by Gasteiger charge is -2.01. The van der Waals surface area contributed by atoms with Crippen LogP contribution in [0.3, 0.4) is 0 Å². The monoisotopic (exact) mass is 166 g/mol. The molecule has 0 heterocycles. The highest BCUT2D eigenvalue weighted by Crippen LogP contribution is 2.20. The van der Waals surface area contributed by atoms with E-state index in [0.717, 1.165) is 0 Å². The number of allylic oxidation sites excluding steroid dienone is 4. The lowest BCUT2D eigenvalue weighted by molar-refractivity contribution is -0.116. The van der Waals surface area contributed by atoms with Gasteiger partial charge in [-0.3, -0.25) is 9.59 Å². The van der Waals surface area contributed by atoms with E-state index in [1.165, 1.54) is 13.2 Å². The minimum Gasteiger partial charge on any atom is -0.500 e. The maximum absolute atomic E-state index is 11.3. The predicted octanol–water partition coefficient (Wildman–Crippen LogP) is 1.00. The molecule has 64 valence electrons. The third-order valence-electron chi connectivity index (χ3n) is 1.84. The number of methoxy groups -OCH3 is 1. The number of rotatable bonds is 1. The molecular formula is C9H10O3. The minimum atomic E-state index is -0.253. The first-order valence-electron chi connectivity index (χ1n) is 3.60. The molecule has 0 saturated carbocycles. The maximum Gasteiger partial charge on any atom is 0.196 e. The fourth-order valence-corrected chi connectivity index (χ4v) is 1.08. The van der Waals surface area contributed by atoms with E-state index in [0.29, 0.717) is 11.3 Å². The van der Waals surface area contributed by atoms with Crippen molar-refractivity contribution in [2.24, 2.45) is 0 Å². The molecular weight excluding hydrogens is 156 g/mol. The Labute approximate surface area is 70.7 Å². The van der Waals surface area contributed by atoms with Crippen LogP contribution >= 0.6 is 0 Å². The summed E-state index contributed by atoms with van der Waals surface area (Å²) < 4.78 is 4.83. The fourth-order valence-electron chi connectivity index (χ4n) is 1.08. The largest absolute Gasteiger partial charge is 0.500 e. The van der Waals surface area contributed by atoms with Crippen LogP contribution in [-0.2, 0) is 14.3 Å². The molecule has 3 heteroatoms. The quantitative estimate of drug-likeness (QED) is 0.331. The molecule has 0 amide bonds. The Morgan fingerprint density at radius 3 is 2.33 bits per heavy atom. The molecule has 0 fully saturated rings. The van der Waals surface area contributed by atoms with E-state index in [2.05, 4.69) is 0 Å². The Kier molecular flexibility index (Phi) is 2.13. The van der Waals surface area contributed by atoms with Gasteiger partial charge in [0.2, 0.25) is 0 Å². The second kappa shape index (κ2) is 2.93. The van der Waals surface area contributed by atoms with Gasteiger partial charge in [-0.2, -0.15) is 0 Å². The minimum absolute atomic E-state index is 0.162. The number of ketones is 2. The van der Waals surface area contributed by atoms with E-state index >= 15 is 0 Å². The molecule has 1 rings (SSSR count). The lowest BCUT2D eigenvalue weighted by atomic mass is 10.1. The van der Waals surface area contributed by atoms with Crippen molar-refractivity contribution >= 4 is 11.6 Å². The van der Waals surface area contributed by atoms with Gasteiger partial charge in [0.15, 0.2) is 11.6 Å². The van der Waals surface area contributed by atoms with Crippen LogP contribution in [0.25, 0.3) is 0 Å². The molecule has 0 atom stereocenters. The Morgan fingerprint density at radius 2 is 2.00 bits per heavy atom. The van der Waals surface area contributed by atoms with Gasteiger partial charge >= 0.3 is 0 Å². The van der Waals surface area contributed by atoms with Gasteiger partial charge in [-0.15, -0.1) is 0 Å². The molecule has 3 nitrogen and oxygen atoms in total. The van der Waals surface area contributed by atoms with Crippen molar-refractivity contribution in [2.75, 3.05) is 7.11 Å². The number of hydrogen-bond acceptors (Lipinski definition) is 3. The molecule has 0 N–H and O–H groups in total. The van der Waals surface area contributed by atoms with Gasteiger partial charge in [-0.1, -0.05) is 0 Å². The third-order valence-corrected chi connectivity index (χ3v) is 1.84. The highest BCUT2D eigenvalue weighted by molar-refractivity contribution is 6.35. The zero-order valence-corrected chi connectivity index (χ0v) is 7.30. The molecule has 0 bridgehead atoms. The van der Waals surface area contributed by atoms with Crippen molar-refractivity contribution in [3.63, 3.8) is 0 Å². The summed E-state index contributed by atoms with van der Waals surface area (Å²) in [4.78, 5) is 22.4. The van der Waals surface area contributed by atoms with Crippen LogP contribution in [0.2, 0.25) is 0 Å². The number of ether oxygens (including phenoxy) is 1. The Balaban J connectivity index is 3.15. The average molecular weight is 166 g/mol. The van der Waals surface area contributed by atoms with E-state index in [4.69, 9.17) is 4.74 Å². The van der Waals surface area contributed by atoms with Gasteiger partial charge < -0.3 is 4.74 Å². The standard InChI is InChI=1S/C9H10O3/c1-5-4-7(10)8(9(5)11)6(2)12-3/h4H,1-3H3/b8-6-. The van der Waals surface area contributed by atoms with Crippen molar-refractivity contribution in [1.29, 1.82) is 0 Å². The second-order valence-corrected chi connectivity index (χ2v) is 2.66. The summed E-state index contributed by atoms with van der Waals surface area (Å²) in [5.41, 5.74) is 0.640. The van der Waals surface area contributed by atoms with Crippen molar-refractivity contribution in [3.8, 4) is 0 Å². The number of carbonyl (C=O) groups is 2. The molecule has 0 spiro atoms. The average Bonchev–Trinajstić information content (AvgIpc) is 2.26. The number of hydrogen-bond donors (Lipinski definition) is 0. The van der Waals surface area contributed by atoms with E-state index in [1.807, 2.05) is 0 Å². The fraction of sp³-hybridized carbons (Fsp3) is 0.333. The summed E-state index contributed by atoms with van der Waals surface area (Å²) in [5, 5.41) is 0. The zero-order valence-electron chi connectivity index (χ0n) is 7.30. The molecule has 0 aromatic heterocycles. The highest BCUT2D eigenvalue weighted by atomic mass is 16.5. The van der Waals surface area contributed by atoms with Crippen LogP contribution in [0.4, 0.5) is 0 Å². The normalized spacial score (nSPS) is 21.1. The Morgan fingerprint density at radius 1 is 1.42 bits per heavy atom. The van der Waals surface area contributed by atoms with E-state index in [9.17, 15) is 9.59 Å². The second-order valence-electron chi connectivity index (χ2n) is 2.66. The van der Waals surface area contributed by atoms with Crippen LogP contribution in [0.5, 0.6) is 0 Å². The van der Waals surface area contributed by atoms with Crippen LogP contribution < -0.4 is 0 Å². The first-order chi connectivity index (χ1) is 5.57. The molecule has 1 aliphatic rings. The van der Waals surface area contributed by atoms with Gasteiger partial charge in [0.25, 0.3) is 0 Å². The van der Waals surface area contributed by atoms with Crippen LogP contribution in [0, 0.1) is 0 Å². The maximum atomic E-state index is 11.3. The molecule has 0 saturated heterocycles. The van der Waals surface area contributed by atoms with E-state index in [-0.39, 0.29) is 17.1 Å². The summed E-state index contributed by atoms with van der Waals surface area (Å²) in [5.74, 6) is -0.0886. The highest BCUT2D eigenvalue weighted by Gasteiger charge is 2.28. The van der Waals surface area contributed by atoms with Gasteiger partial charge in [-0.05, 0) is 19.9 Å². The molecule has 12 heavy (non-hydrogen) atoms. The topological polar surface area (TPSA) is 43.4 Å². The third kappa shape index (κ3) is 1.18. The van der Waals surface area contributed by atoms with Gasteiger partial charge in [0, 0.05) is 5.57 Å². The summed E-state index contributed by atoms with van der Waals surface area (Å²) in [6.45, 7) is 3.23. The van der Waals surface area contributed by atoms with Crippen molar-refractivity contribution in [1.82, 2.24) is 0 Å². The molecule has 0 aliphatic heterocycles. The summed E-state index contributed by atoms with van der Waals surface area (Å²) in [6, 6.07) is 0. The zero-order chi connectivity index (χ0) is 9.30. The Hall–Kier alpha value is -1.38. The Bertz CT molecular complexity index is 308. The molecule has 0 unspecified atom stereocenters. The van der Waals surface area contributed by atoms with Crippen molar-refractivity contribution in [3.05, 3.63) is 23.0 Å². The molecule has 0 aromatic carbocycles. The van der Waals surface area contributed by atoms with E-state index < -0.39 is 0 Å². The molecule has 0 aromatic rings.